The summed E-state index contributed by atoms with van der Waals surface area (Å²) in [4.78, 5) is 2.39. The molecule has 2 atom stereocenters. The van der Waals surface area contributed by atoms with Crippen molar-refractivity contribution < 1.29 is 9.47 Å². The molecule has 0 saturated carbocycles. The van der Waals surface area contributed by atoms with E-state index in [-0.39, 0.29) is 5.60 Å². The highest BCUT2D eigenvalue weighted by Crippen LogP contribution is 2.56. The zero-order chi connectivity index (χ0) is 16.0. The maximum Gasteiger partial charge on any atom is 0.147 e. The first-order chi connectivity index (χ1) is 11.1. The van der Waals surface area contributed by atoms with E-state index >= 15 is 0 Å². The molecule has 0 unspecified atom stereocenters. The highest BCUT2D eigenvalue weighted by atomic mass is 79.9. The second-order valence-corrected chi connectivity index (χ2v) is 7.35. The van der Waals surface area contributed by atoms with Crippen LogP contribution in [0.1, 0.15) is 23.5 Å². The van der Waals surface area contributed by atoms with Crippen LogP contribution < -0.4 is 9.47 Å². The average molecular weight is 374 g/mol. The molecule has 120 valence electrons. The molecular formula is C19H20BrNO2. The van der Waals surface area contributed by atoms with E-state index in [2.05, 4.69) is 52.1 Å². The first-order valence-electron chi connectivity index (χ1n) is 7.94. The number of para-hydroxylation sites is 1. The van der Waals surface area contributed by atoms with E-state index in [1.54, 1.807) is 7.11 Å². The molecule has 0 aliphatic carbocycles. The quantitative estimate of drug-likeness (QED) is 0.788. The molecule has 2 aliphatic rings. The molecule has 0 radical (unpaired) electrons. The van der Waals surface area contributed by atoms with Crippen molar-refractivity contribution in [3.63, 3.8) is 0 Å². The summed E-state index contributed by atoms with van der Waals surface area (Å²) in [6, 6.07) is 14.6. The van der Waals surface area contributed by atoms with E-state index < -0.39 is 0 Å². The van der Waals surface area contributed by atoms with Gasteiger partial charge in [-0.25, -0.2) is 0 Å². The lowest BCUT2D eigenvalue weighted by Crippen LogP contribution is -2.47. The molecule has 0 N–H and O–H groups in total. The van der Waals surface area contributed by atoms with Crippen molar-refractivity contribution in [1.29, 1.82) is 0 Å². The van der Waals surface area contributed by atoms with Crippen molar-refractivity contribution in [2.24, 2.45) is 0 Å². The third-order valence-corrected chi connectivity index (χ3v) is 5.62. The van der Waals surface area contributed by atoms with Crippen molar-refractivity contribution in [2.45, 2.75) is 17.9 Å². The van der Waals surface area contributed by atoms with Crippen LogP contribution in [0.15, 0.2) is 46.9 Å². The van der Waals surface area contributed by atoms with Gasteiger partial charge in [-0.05, 0) is 31.3 Å². The lowest BCUT2D eigenvalue weighted by molar-refractivity contribution is 0.00516. The second-order valence-electron chi connectivity index (χ2n) is 6.44. The van der Waals surface area contributed by atoms with E-state index in [1.807, 2.05) is 18.2 Å². The van der Waals surface area contributed by atoms with Gasteiger partial charge in [-0.3, -0.25) is 0 Å². The Kier molecular flexibility index (Phi) is 3.62. The van der Waals surface area contributed by atoms with Crippen LogP contribution in [0.4, 0.5) is 0 Å². The standard InChI is InChI=1S/C19H20BrNO2/c1-21-10-9-19(15-11-13(20)7-8-18(15)22-2)16(12-21)14-5-3-4-6-17(14)23-19/h3-8,11,16H,9-10,12H2,1-2H3/t16-,19+/m1/s1. The topological polar surface area (TPSA) is 21.7 Å². The first-order valence-corrected chi connectivity index (χ1v) is 8.74. The minimum atomic E-state index is -0.342. The largest absolute Gasteiger partial charge is 0.496 e. The van der Waals surface area contributed by atoms with Gasteiger partial charge in [0.15, 0.2) is 0 Å². The number of halogens is 1. The predicted molar refractivity (Wildman–Crippen MR) is 94.3 cm³/mol. The molecule has 4 heteroatoms. The molecule has 2 aliphatic heterocycles. The fourth-order valence-corrected chi connectivity index (χ4v) is 4.36. The van der Waals surface area contributed by atoms with E-state index in [0.717, 1.165) is 41.0 Å². The van der Waals surface area contributed by atoms with E-state index in [4.69, 9.17) is 9.47 Å². The predicted octanol–water partition coefficient (Wildman–Crippen LogP) is 4.16. The number of benzene rings is 2. The van der Waals surface area contributed by atoms with Crippen LogP contribution in [0.5, 0.6) is 11.5 Å². The van der Waals surface area contributed by atoms with Gasteiger partial charge in [0.2, 0.25) is 0 Å². The molecule has 0 bridgehead atoms. The monoisotopic (exact) mass is 373 g/mol. The first kappa shape index (κ1) is 15.0. The minimum Gasteiger partial charge on any atom is -0.496 e. The van der Waals surface area contributed by atoms with Crippen LogP contribution in [-0.2, 0) is 5.60 Å². The molecule has 1 saturated heterocycles. The van der Waals surface area contributed by atoms with Crippen LogP contribution in [0.2, 0.25) is 0 Å². The molecule has 0 spiro atoms. The fraction of sp³-hybridized carbons (Fsp3) is 0.368. The number of rotatable bonds is 2. The van der Waals surface area contributed by atoms with Crippen molar-refractivity contribution in [1.82, 2.24) is 4.90 Å². The Balaban J connectivity index is 1.90. The SMILES string of the molecule is COc1ccc(Br)cc1[C@@]12CCN(C)C[C@@H]1c1ccccc1O2. The third-order valence-electron chi connectivity index (χ3n) is 5.13. The van der Waals surface area contributed by atoms with Gasteiger partial charge >= 0.3 is 0 Å². The number of likely N-dealkylation sites (N-methyl/N-ethyl adjacent to an activating group) is 1. The van der Waals surface area contributed by atoms with E-state index in [9.17, 15) is 0 Å². The van der Waals surface area contributed by atoms with Gasteiger partial charge < -0.3 is 14.4 Å². The van der Waals surface area contributed by atoms with Crippen LogP contribution in [-0.4, -0.2) is 32.1 Å². The van der Waals surface area contributed by atoms with Gasteiger partial charge in [-0.1, -0.05) is 34.1 Å². The summed E-state index contributed by atoms with van der Waals surface area (Å²) in [7, 11) is 3.92. The van der Waals surface area contributed by atoms with Crippen molar-refractivity contribution in [2.75, 3.05) is 27.2 Å². The lowest BCUT2D eigenvalue weighted by atomic mass is 9.74. The van der Waals surface area contributed by atoms with Gasteiger partial charge in [0.25, 0.3) is 0 Å². The normalized spacial score (nSPS) is 26.3. The Morgan fingerprint density at radius 1 is 1.26 bits per heavy atom. The molecule has 0 aromatic heterocycles. The second kappa shape index (κ2) is 5.53. The Morgan fingerprint density at radius 3 is 2.91 bits per heavy atom. The smallest absolute Gasteiger partial charge is 0.147 e. The molecule has 2 heterocycles. The number of fused-ring (bicyclic) bond motifs is 3. The molecule has 2 aromatic rings. The molecule has 2 aromatic carbocycles. The zero-order valence-corrected chi connectivity index (χ0v) is 15.0. The Bertz CT molecular complexity index is 748. The average Bonchev–Trinajstić information content (AvgIpc) is 2.90. The van der Waals surface area contributed by atoms with Crippen LogP contribution in [0.3, 0.4) is 0 Å². The minimum absolute atomic E-state index is 0.320. The summed E-state index contributed by atoms with van der Waals surface area (Å²) in [6.07, 6.45) is 0.954. The molecule has 4 rings (SSSR count). The molecule has 3 nitrogen and oxygen atoms in total. The summed E-state index contributed by atoms with van der Waals surface area (Å²) >= 11 is 3.61. The molecule has 0 amide bonds. The number of nitrogens with zero attached hydrogens (tertiary/aromatic N) is 1. The van der Waals surface area contributed by atoms with Gasteiger partial charge in [0, 0.05) is 41.0 Å². The third kappa shape index (κ3) is 2.27. The maximum atomic E-state index is 6.60. The Morgan fingerprint density at radius 2 is 2.09 bits per heavy atom. The molecular weight excluding hydrogens is 354 g/mol. The van der Waals surface area contributed by atoms with Crippen LogP contribution >= 0.6 is 15.9 Å². The van der Waals surface area contributed by atoms with Crippen LogP contribution in [0, 0.1) is 0 Å². The van der Waals surface area contributed by atoms with Gasteiger partial charge in [-0.2, -0.15) is 0 Å². The molecule has 23 heavy (non-hydrogen) atoms. The Labute approximate surface area is 145 Å². The van der Waals surface area contributed by atoms with Crippen LogP contribution in [0.25, 0.3) is 0 Å². The number of likely N-dealkylation sites (tertiary alicyclic amines) is 1. The van der Waals surface area contributed by atoms with Gasteiger partial charge in [-0.15, -0.1) is 0 Å². The summed E-state index contributed by atoms with van der Waals surface area (Å²) in [5, 5.41) is 0. The number of ether oxygens (including phenoxy) is 2. The van der Waals surface area contributed by atoms with Gasteiger partial charge in [0.1, 0.15) is 17.1 Å². The lowest BCUT2D eigenvalue weighted by Gasteiger charge is -2.42. The highest BCUT2D eigenvalue weighted by molar-refractivity contribution is 9.10. The number of piperidine rings is 1. The summed E-state index contributed by atoms with van der Waals surface area (Å²) < 4.78 is 13.3. The number of hydrogen-bond donors (Lipinski definition) is 0. The number of methoxy groups -OCH3 is 1. The van der Waals surface area contributed by atoms with Crippen molar-refractivity contribution in [3.8, 4) is 11.5 Å². The van der Waals surface area contributed by atoms with Crippen molar-refractivity contribution in [3.05, 3.63) is 58.1 Å². The number of hydrogen-bond acceptors (Lipinski definition) is 3. The van der Waals surface area contributed by atoms with E-state index in [0.29, 0.717) is 5.92 Å². The van der Waals surface area contributed by atoms with Gasteiger partial charge in [0.05, 0.1) is 7.11 Å². The van der Waals surface area contributed by atoms with E-state index in [1.165, 1.54) is 5.56 Å². The Hall–Kier alpha value is -1.52. The summed E-state index contributed by atoms with van der Waals surface area (Å²) in [5.41, 5.74) is 2.11. The maximum absolute atomic E-state index is 6.60. The highest BCUT2D eigenvalue weighted by Gasteiger charge is 2.53. The summed E-state index contributed by atoms with van der Waals surface area (Å²) in [5.74, 6) is 2.23. The molecule has 1 fully saturated rings. The zero-order valence-electron chi connectivity index (χ0n) is 13.4. The van der Waals surface area contributed by atoms with Crippen molar-refractivity contribution >= 4 is 15.9 Å². The fourth-order valence-electron chi connectivity index (χ4n) is 4.00. The summed E-state index contributed by atoms with van der Waals surface area (Å²) in [6.45, 7) is 2.01.